The molecular weight excluding hydrogens is 230 g/mol. The molecule has 0 aromatic carbocycles. The smallest absolute Gasteiger partial charge is 0.0556 e. The molecular formula is C14H25NOS. The Bertz CT molecular complexity index is 261. The summed E-state index contributed by atoms with van der Waals surface area (Å²) in [6.07, 6.45) is 7.54. The second-order valence-corrected chi connectivity index (χ2v) is 5.49. The highest BCUT2D eigenvalue weighted by Crippen LogP contribution is 2.14. The molecule has 0 aliphatic carbocycles. The van der Waals surface area contributed by atoms with Crippen molar-refractivity contribution in [3.63, 3.8) is 0 Å². The van der Waals surface area contributed by atoms with Crippen LogP contribution in [-0.2, 0) is 6.42 Å². The molecule has 0 aliphatic rings. The highest BCUT2D eigenvalue weighted by molar-refractivity contribution is 7.09. The summed E-state index contributed by atoms with van der Waals surface area (Å²) in [7, 11) is 0. The van der Waals surface area contributed by atoms with Crippen LogP contribution in [-0.4, -0.2) is 24.3 Å². The Hall–Kier alpha value is -0.380. The molecule has 0 saturated carbocycles. The highest BCUT2D eigenvalue weighted by Gasteiger charge is 2.04. The number of hydrogen-bond donors (Lipinski definition) is 2. The first-order chi connectivity index (χ1) is 8.36. The Labute approximate surface area is 109 Å². The van der Waals surface area contributed by atoms with E-state index in [9.17, 15) is 0 Å². The van der Waals surface area contributed by atoms with Crippen molar-refractivity contribution < 1.29 is 5.11 Å². The summed E-state index contributed by atoms with van der Waals surface area (Å²) in [4.78, 5) is 1.51. The Morgan fingerprint density at radius 3 is 2.88 bits per heavy atom. The monoisotopic (exact) mass is 255 g/mol. The summed E-state index contributed by atoms with van der Waals surface area (Å²) in [6, 6.07) is 4.94. The zero-order valence-electron chi connectivity index (χ0n) is 10.8. The van der Waals surface area contributed by atoms with E-state index in [2.05, 4.69) is 29.8 Å². The van der Waals surface area contributed by atoms with Gasteiger partial charge in [0.2, 0.25) is 0 Å². The van der Waals surface area contributed by atoms with Crippen molar-refractivity contribution in [3.05, 3.63) is 22.4 Å². The minimum absolute atomic E-state index is 0.245. The first-order valence-electron chi connectivity index (χ1n) is 6.73. The third-order valence-electron chi connectivity index (χ3n) is 3.09. The molecule has 1 atom stereocenters. The van der Waals surface area contributed by atoms with E-state index in [1.807, 2.05) is 11.3 Å². The number of aliphatic hydroxyl groups excluding tert-OH is 1. The van der Waals surface area contributed by atoms with Crippen LogP contribution in [0.15, 0.2) is 17.5 Å². The topological polar surface area (TPSA) is 32.3 Å². The van der Waals surface area contributed by atoms with Gasteiger partial charge in [-0.1, -0.05) is 25.8 Å². The number of aliphatic hydroxyl groups is 1. The highest BCUT2D eigenvalue weighted by atomic mass is 32.1. The van der Waals surface area contributed by atoms with E-state index < -0.39 is 0 Å². The van der Waals surface area contributed by atoms with Gasteiger partial charge in [-0.25, -0.2) is 0 Å². The molecule has 0 bridgehead atoms. The molecule has 2 N–H and O–H groups in total. The molecule has 1 rings (SSSR count). The summed E-state index contributed by atoms with van der Waals surface area (Å²) < 4.78 is 0. The van der Waals surface area contributed by atoms with Gasteiger partial charge in [-0.05, 0) is 37.1 Å². The molecule has 0 radical (unpaired) electrons. The third-order valence-corrected chi connectivity index (χ3v) is 4.03. The van der Waals surface area contributed by atoms with Crippen LogP contribution >= 0.6 is 11.3 Å². The molecule has 0 spiro atoms. The van der Waals surface area contributed by atoms with E-state index in [0.717, 1.165) is 13.0 Å². The molecule has 0 saturated heterocycles. The first-order valence-corrected chi connectivity index (χ1v) is 7.61. The van der Waals surface area contributed by atoms with Crippen LogP contribution in [0, 0.1) is 0 Å². The molecule has 0 aliphatic heterocycles. The summed E-state index contributed by atoms with van der Waals surface area (Å²) >= 11 is 1.86. The van der Waals surface area contributed by atoms with Crippen LogP contribution in [0.4, 0.5) is 0 Å². The van der Waals surface area contributed by atoms with Gasteiger partial charge < -0.3 is 10.4 Å². The van der Waals surface area contributed by atoms with E-state index in [1.54, 1.807) is 0 Å². The summed E-state index contributed by atoms with van der Waals surface area (Å²) in [5, 5.41) is 14.3. The van der Waals surface area contributed by atoms with Crippen LogP contribution in [0.5, 0.6) is 0 Å². The van der Waals surface area contributed by atoms with Crippen LogP contribution in [0.3, 0.4) is 0 Å². The average Bonchev–Trinajstić information content (AvgIpc) is 2.85. The van der Waals surface area contributed by atoms with E-state index in [-0.39, 0.29) is 6.61 Å². The van der Waals surface area contributed by atoms with Crippen molar-refractivity contribution in [3.8, 4) is 0 Å². The maximum absolute atomic E-state index is 8.76. The fourth-order valence-electron chi connectivity index (χ4n) is 2.04. The van der Waals surface area contributed by atoms with Crippen molar-refractivity contribution >= 4 is 11.3 Å². The van der Waals surface area contributed by atoms with Crippen molar-refractivity contribution in [1.29, 1.82) is 0 Å². The number of nitrogens with one attached hydrogen (secondary N) is 1. The standard InChI is InChI=1S/C14H25NOS/c1-2-13(15-10-11-16)7-4-3-5-8-14-9-6-12-17-14/h6,9,12-13,15-16H,2-5,7-8,10-11H2,1H3. The molecule has 1 heterocycles. The Morgan fingerprint density at radius 1 is 1.35 bits per heavy atom. The minimum atomic E-state index is 0.245. The van der Waals surface area contributed by atoms with Gasteiger partial charge in [-0.3, -0.25) is 0 Å². The molecule has 17 heavy (non-hydrogen) atoms. The summed E-state index contributed by atoms with van der Waals surface area (Å²) in [5.41, 5.74) is 0. The van der Waals surface area contributed by atoms with Gasteiger partial charge in [0, 0.05) is 17.5 Å². The number of aryl methyl sites for hydroxylation is 1. The molecule has 0 fully saturated rings. The average molecular weight is 255 g/mol. The number of thiophene rings is 1. The number of unbranched alkanes of at least 4 members (excludes halogenated alkanes) is 2. The lowest BCUT2D eigenvalue weighted by Gasteiger charge is -2.15. The van der Waals surface area contributed by atoms with Gasteiger partial charge in [0.15, 0.2) is 0 Å². The summed E-state index contributed by atoms with van der Waals surface area (Å²) in [5.74, 6) is 0. The van der Waals surface area contributed by atoms with Gasteiger partial charge >= 0.3 is 0 Å². The van der Waals surface area contributed by atoms with Crippen molar-refractivity contribution in [2.45, 2.75) is 51.5 Å². The Kier molecular flexibility index (Phi) is 8.32. The molecule has 2 nitrogen and oxygen atoms in total. The van der Waals surface area contributed by atoms with Crippen LogP contribution in [0.2, 0.25) is 0 Å². The molecule has 1 unspecified atom stereocenters. The van der Waals surface area contributed by atoms with E-state index >= 15 is 0 Å². The fourth-order valence-corrected chi connectivity index (χ4v) is 2.79. The molecule has 3 heteroatoms. The van der Waals surface area contributed by atoms with Gasteiger partial charge in [0.05, 0.1) is 6.61 Å². The van der Waals surface area contributed by atoms with Gasteiger partial charge in [0.25, 0.3) is 0 Å². The normalized spacial score (nSPS) is 12.8. The molecule has 98 valence electrons. The first kappa shape index (κ1) is 14.7. The van der Waals surface area contributed by atoms with Crippen LogP contribution in [0.25, 0.3) is 0 Å². The van der Waals surface area contributed by atoms with Gasteiger partial charge in [0.1, 0.15) is 0 Å². The fraction of sp³-hybridized carbons (Fsp3) is 0.714. The lowest BCUT2D eigenvalue weighted by atomic mass is 10.0. The maximum atomic E-state index is 8.76. The van der Waals surface area contributed by atoms with Gasteiger partial charge in [-0.15, -0.1) is 11.3 Å². The predicted octanol–water partition coefficient (Wildman–Crippen LogP) is 3.21. The van der Waals surface area contributed by atoms with Crippen LogP contribution < -0.4 is 5.32 Å². The lowest BCUT2D eigenvalue weighted by Crippen LogP contribution is -2.30. The zero-order valence-corrected chi connectivity index (χ0v) is 11.6. The van der Waals surface area contributed by atoms with Crippen molar-refractivity contribution in [2.75, 3.05) is 13.2 Å². The molecule has 1 aromatic rings. The Morgan fingerprint density at radius 2 is 2.24 bits per heavy atom. The van der Waals surface area contributed by atoms with Crippen molar-refractivity contribution in [1.82, 2.24) is 5.32 Å². The molecule has 1 aromatic heterocycles. The lowest BCUT2D eigenvalue weighted by molar-refractivity contribution is 0.280. The second-order valence-electron chi connectivity index (χ2n) is 4.46. The zero-order chi connectivity index (χ0) is 12.3. The van der Waals surface area contributed by atoms with Crippen LogP contribution in [0.1, 0.15) is 43.9 Å². The van der Waals surface area contributed by atoms with Crippen molar-refractivity contribution in [2.24, 2.45) is 0 Å². The molecule has 0 amide bonds. The second kappa shape index (κ2) is 9.63. The van der Waals surface area contributed by atoms with Gasteiger partial charge in [-0.2, -0.15) is 0 Å². The van der Waals surface area contributed by atoms with E-state index in [1.165, 1.54) is 37.0 Å². The number of hydrogen-bond acceptors (Lipinski definition) is 3. The summed E-state index contributed by atoms with van der Waals surface area (Å²) in [6.45, 7) is 3.18. The third kappa shape index (κ3) is 6.81. The largest absolute Gasteiger partial charge is 0.395 e. The number of rotatable bonds is 10. The predicted molar refractivity (Wildman–Crippen MR) is 75.7 cm³/mol. The quantitative estimate of drug-likeness (QED) is 0.629. The minimum Gasteiger partial charge on any atom is -0.395 e. The Balaban J connectivity index is 1.98. The van der Waals surface area contributed by atoms with E-state index in [4.69, 9.17) is 5.11 Å². The SMILES string of the molecule is CCC(CCCCCc1cccs1)NCCO. The maximum Gasteiger partial charge on any atom is 0.0556 e. The van der Waals surface area contributed by atoms with E-state index in [0.29, 0.717) is 6.04 Å².